The van der Waals surface area contributed by atoms with E-state index in [1.54, 1.807) is 30.8 Å². The van der Waals surface area contributed by atoms with Crippen LogP contribution in [-0.2, 0) is 11.3 Å². The number of likely N-dealkylation sites (N-methyl/N-ethyl adjacent to an activating group) is 1. The Balaban J connectivity index is 1.82. The number of nitrogens with zero attached hydrogens (tertiary/aromatic N) is 3. The Labute approximate surface area is 171 Å². The van der Waals surface area contributed by atoms with Gasteiger partial charge in [-0.2, -0.15) is 11.8 Å². The SMILES string of the molecule is CSCCNC(=NCC(=O)N(C)C)NC1CCN(Cc2ccc(F)cc2)CC1. The van der Waals surface area contributed by atoms with Crippen molar-refractivity contribution in [3.63, 3.8) is 0 Å². The first-order chi connectivity index (χ1) is 13.5. The van der Waals surface area contributed by atoms with Gasteiger partial charge in [-0.05, 0) is 36.8 Å². The normalized spacial score (nSPS) is 16.1. The number of carbonyl (C=O) groups excluding carboxylic acids is 1. The molecule has 1 aliphatic rings. The fourth-order valence-corrected chi connectivity index (χ4v) is 3.30. The second kappa shape index (κ2) is 11.9. The van der Waals surface area contributed by atoms with Gasteiger partial charge in [-0.1, -0.05) is 12.1 Å². The van der Waals surface area contributed by atoms with E-state index in [2.05, 4.69) is 26.8 Å². The lowest BCUT2D eigenvalue weighted by Crippen LogP contribution is -2.49. The van der Waals surface area contributed by atoms with Crippen molar-refractivity contribution in [1.82, 2.24) is 20.4 Å². The lowest BCUT2D eigenvalue weighted by molar-refractivity contribution is -0.127. The first-order valence-corrected chi connectivity index (χ1v) is 11.1. The van der Waals surface area contributed by atoms with Gasteiger partial charge in [0.15, 0.2) is 5.96 Å². The summed E-state index contributed by atoms with van der Waals surface area (Å²) in [5.74, 6) is 1.49. The molecule has 1 fully saturated rings. The van der Waals surface area contributed by atoms with E-state index in [-0.39, 0.29) is 18.3 Å². The predicted octanol–water partition coefficient (Wildman–Crippen LogP) is 1.78. The number of piperidine rings is 1. The fraction of sp³-hybridized carbons (Fsp3) is 0.600. The molecule has 0 atom stereocenters. The summed E-state index contributed by atoms with van der Waals surface area (Å²) in [6.45, 7) is 3.75. The molecule has 0 bridgehead atoms. The van der Waals surface area contributed by atoms with Gasteiger partial charge in [0.25, 0.3) is 0 Å². The summed E-state index contributed by atoms with van der Waals surface area (Å²) < 4.78 is 13.0. The van der Waals surface area contributed by atoms with Crippen LogP contribution in [0.5, 0.6) is 0 Å². The summed E-state index contributed by atoms with van der Waals surface area (Å²) in [6, 6.07) is 7.06. The van der Waals surface area contributed by atoms with Crippen molar-refractivity contribution in [2.24, 2.45) is 4.99 Å². The quantitative estimate of drug-likeness (QED) is 0.389. The number of guanidine groups is 1. The highest BCUT2D eigenvalue weighted by atomic mass is 32.2. The molecular weight excluding hydrogens is 377 g/mol. The molecule has 2 rings (SSSR count). The third-order valence-corrected chi connectivity index (χ3v) is 5.33. The number of halogens is 1. The molecule has 1 aromatic carbocycles. The number of hydrogen-bond acceptors (Lipinski definition) is 4. The van der Waals surface area contributed by atoms with Crippen molar-refractivity contribution in [2.75, 3.05) is 52.3 Å². The molecule has 0 radical (unpaired) electrons. The second-order valence-corrected chi connectivity index (χ2v) is 8.18. The van der Waals surface area contributed by atoms with Crippen molar-refractivity contribution >= 4 is 23.6 Å². The maximum absolute atomic E-state index is 13.0. The lowest BCUT2D eigenvalue weighted by Gasteiger charge is -2.33. The van der Waals surface area contributed by atoms with Gasteiger partial charge in [0, 0.05) is 52.1 Å². The molecular formula is C20H32FN5OS. The van der Waals surface area contributed by atoms with E-state index in [0.717, 1.165) is 50.3 Å². The predicted molar refractivity (Wildman–Crippen MR) is 115 cm³/mol. The average molecular weight is 410 g/mol. The van der Waals surface area contributed by atoms with Gasteiger partial charge in [-0.25, -0.2) is 9.38 Å². The van der Waals surface area contributed by atoms with Crippen LogP contribution in [0.4, 0.5) is 4.39 Å². The summed E-state index contributed by atoms with van der Waals surface area (Å²) in [5.41, 5.74) is 1.14. The van der Waals surface area contributed by atoms with Gasteiger partial charge in [0.1, 0.15) is 12.4 Å². The van der Waals surface area contributed by atoms with Crippen molar-refractivity contribution in [3.8, 4) is 0 Å². The van der Waals surface area contributed by atoms with Crippen molar-refractivity contribution < 1.29 is 9.18 Å². The van der Waals surface area contributed by atoms with Crippen LogP contribution >= 0.6 is 11.8 Å². The number of carbonyl (C=O) groups is 1. The molecule has 1 amide bonds. The molecule has 156 valence electrons. The van der Waals surface area contributed by atoms with Crippen molar-refractivity contribution in [2.45, 2.75) is 25.4 Å². The Morgan fingerprint density at radius 1 is 1.29 bits per heavy atom. The zero-order chi connectivity index (χ0) is 20.4. The molecule has 1 saturated heterocycles. The minimum Gasteiger partial charge on any atom is -0.356 e. The van der Waals surface area contributed by atoms with Gasteiger partial charge in [0.05, 0.1) is 0 Å². The number of rotatable bonds is 8. The highest BCUT2D eigenvalue weighted by Crippen LogP contribution is 2.14. The van der Waals surface area contributed by atoms with Crippen LogP contribution in [0.3, 0.4) is 0 Å². The van der Waals surface area contributed by atoms with E-state index in [4.69, 9.17) is 0 Å². The lowest BCUT2D eigenvalue weighted by atomic mass is 10.0. The number of nitrogens with one attached hydrogen (secondary N) is 2. The molecule has 6 nitrogen and oxygen atoms in total. The second-order valence-electron chi connectivity index (χ2n) is 7.19. The zero-order valence-electron chi connectivity index (χ0n) is 17.1. The monoisotopic (exact) mass is 409 g/mol. The number of aliphatic imine (C=N–C) groups is 1. The highest BCUT2D eigenvalue weighted by molar-refractivity contribution is 7.98. The van der Waals surface area contributed by atoms with E-state index >= 15 is 0 Å². The van der Waals surface area contributed by atoms with Crippen LogP contribution in [-0.4, -0.2) is 80.0 Å². The molecule has 8 heteroatoms. The highest BCUT2D eigenvalue weighted by Gasteiger charge is 2.20. The molecule has 28 heavy (non-hydrogen) atoms. The maximum Gasteiger partial charge on any atom is 0.243 e. The summed E-state index contributed by atoms with van der Waals surface area (Å²) in [7, 11) is 3.48. The van der Waals surface area contributed by atoms with Gasteiger partial charge in [-0.15, -0.1) is 0 Å². The molecule has 0 aliphatic carbocycles. The Bertz CT molecular complexity index is 630. The van der Waals surface area contributed by atoms with E-state index in [1.165, 1.54) is 12.1 Å². The van der Waals surface area contributed by atoms with Crippen LogP contribution in [0.15, 0.2) is 29.3 Å². The minimum absolute atomic E-state index is 0.0138. The van der Waals surface area contributed by atoms with Crippen LogP contribution in [0.2, 0.25) is 0 Å². The van der Waals surface area contributed by atoms with Crippen LogP contribution in [0.1, 0.15) is 18.4 Å². The third-order valence-electron chi connectivity index (χ3n) is 4.72. The standard InChI is InChI=1S/C20H32FN5OS/c1-25(2)19(27)14-23-20(22-10-13-28-3)24-18-8-11-26(12-9-18)15-16-4-6-17(21)7-5-16/h4-7,18H,8-15H2,1-3H3,(H2,22,23,24). The largest absolute Gasteiger partial charge is 0.356 e. The number of likely N-dealkylation sites (tertiary alicyclic amines) is 1. The molecule has 0 spiro atoms. The Hall–Kier alpha value is -1.80. The fourth-order valence-electron chi connectivity index (χ4n) is 2.99. The van der Waals surface area contributed by atoms with E-state index in [1.807, 2.05) is 12.1 Å². The van der Waals surface area contributed by atoms with E-state index in [9.17, 15) is 9.18 Å². The Morgan fingerprint density at radius 2 is 1.96 bits per heavy atom. The van der Waals surface area contributed by atoms with E-state index < -0.39 is 0 Å². The first-order valence-electron chi connectivity index (χ1n) is 9.68. The maximum atomic E-state index is 13.0. The molecule has 1 aromatic rings. The van der Waals surface area contributed by atoms with Crippen LogP contribution in [0, 0.1) is 5.82 Å². The van der Waals surface area contributed by atoms with Crippen LogP contribution < -0.4 is 10.6 Å². The average Bonchev–Trinajstić information content (AvgIpc) is 2.69. The van der Waals surface area contributed by atoms with Gasteiger partial charge in [0.2, 0.25) is 5.91 Å². The molecule has 1 heterocycles. The zero-order valence-corrected chi connectivity index (χ0v) is 17.9. The number of benzene rings is 1. The van der Waals surface area contributed by atoms with Crippen molar-refractivity contribution in [3.05, 3.63) is 35.6 Å². The third kappa shape index (κ3) is 8.06. The summed E-state index contributed by atoms with van der Waals surface area (Å²) in [6.07, 6.45) is 4.08. The van der Waals surface area contributed by atoms with Gasteiger partial charge < -0.3 is 15.5 Å². The van der Waals surface area contributed by atoms with Gasteiger partial charge in [-0.3, -0.25) is 9.69 Å². The topological polar surface area (TPSA) is 60.0 Å². The molecule has 0 unspecified atom stereocenters. The molecule has 0 aromatic heterocycles. The summed E-state index contributed by atoms with van der Waals surface area (Å²) in [5, 5.41) is 6.80. The number of thioether (sulfide) groups is 1. The Kier molecular flexibility index (Phi) is 9.57. The van der Waals surface area contributed by atoms with Crippen LogP contribution in [0.25, 0.3) is 0 Å². The number of amides is 1. The summed E-state index contributed by atoms with van der Waals surface area (Å²) in [4.78, 5) is 20.2. The summed E-state index contributed by atoms with van der Waals surface area (Å²) >= 11 is 1.77. The van der Waals surface area contributed by atoms with Gasteiger partial charge >= 0.3 is 0 Å². The minimum atomic E-state index is -0.194. The number of hydrogen-bond donors (Lipinski definition) is 2. The van der Waals surface area contributed by atoms with Crippen molar-refractivity contribution in [1.29, 1.82) is 0 Å². The Morgan fingerprint density at radius 3 is 2.57 bits per heavy atom. The molecule has 0 saturated carbocycles. The molecule has 2 N–H and O–H groups in total. The van der Waals surface area contributed by atoms with E-state index in [0.29, 0.717) is 12.0 Å². The smallest absolute Gasteiger partial charge is 0.243 e. The first kappa shape index (κ1) is 22.5. The molecule has 1 aliphatic heterocycles.